The molecule has 1 unspecified atom stereocenters. The van der Waals surface area contributed by atoms with Crippen LogP contribution in [0.15, 0.2) is 18.2 Å². The van der Waals surface area contributed by atoms with E-state index in [0.717, 1.165) is 35.4 Å². The number of methoxy groups -OCH3 is 1. The number of anilines is 1. The lowest BCUT2D eigenvalue weighted by atomic mass is 9.96. The van der Waals surface area contributed by atoms with Gasteiger partial charge in [0.05, 0.1) is 36.2 Å². The zero-order valence-electron chi connectivity index (χ0n) is 17.2. The van der Waals surface area contributed by atoms with Gasteiger partial charge in [0.1, 0.15) is 5.75 Å². The van der Waals surface area contributed by atoms with Crippen LogP contribution in [0.4, 0.5) is 5.13 Å². The molecule has 2 saturated heterocycles. The fraction of sp³-hybridized carbons (Fsp3) is 0.600. The molecule has 4 rings (SSSR count). The van der Waals surface area contributed by atoms with E-state index in [9.17, 15) is 13.2 Å². The normalized spacial score (nSPS) is 21.2. The molecule has 2 aliphatic heterocycles. The standard InChI is InChI=1S/C20H27N3O5S2/c1-27-15-5-6-17-18(12-15)29-20(21-17)23(13-16-4-3-11-28-16)19(24)14-7-9-22(10-8-14)30(2,25)26/h5-6,12,14,16H,3-4,7-11,13H2,1-2H3. The van der Waals surface area contributed by atoms with E-state index in [1.807, 2.05) is 18.2 Å². The third-order valence-electron chi connectivity index (χ3n) is 5.76. The van der Waals surface area contributed by atoms with Crippen molar-refractivity contribution in [2.24, 2.45) is 5.92 Å². The summed E-state index contributed by atoms with van der Waals surface area (Å²) in [7, 11) is -1.60. The second kappa shape index (κ2) is 8.78. The summed E-state index contributed by atoms with van der Waals surface area (Å²) in [5.74, 6) is 0.540. The highest BCUT2D eigenvalue weighted by Gasteiger charge is 2.34. The van der Waals surface area contributed by atoms with Crippen LogP contribution in [0.2, 0.25) is 0 Å². The number of hydrogen-bond acceptors (Lipinski definition) is 7. The number of fused-ring (bicyclic) bond motifs is 1. The lowest BCUT2D eigenvalue weighted by Crippen LogP contribution is -2.46. The number of sulfonamides is 1. The average Bonchev–Trinajstić information content (AvgIpc) is 3.39. The minimum atomic E-state index is -3.22. The summed E-state index contributed by atoms with van der Waals surface area (Å²) in [6, 6.07) is 5.68. The number of ether oxygens (including phenoxy) is 2. The summed E-state index contributed by atoms with van der Waals surface area (Å²) >= 11 is 1.47. The third-order valence-corrected chi connectivity index (χ3v) is 8.11. The molecule has 0 saturated carbocycles. The fourth-order valence-corrected chi connectivity index (χ4v) is 5.93. The maximum absolute atomic E-state index is 13.5. The van der Waals surface area contributed by atoms with Crippen molar-refractivity contribution < 1.29 is 22.7 Å². The van der Waals surface area contributed by atoms with Crippen molar-refractivity contribution in [2.45, 2.75) is 31.8 Å². The largest absolute Gasteiger partial charge is 0.497 e. The van der Waals surface area contributed by atoms with Gasteiger partial charge < -0.3 is 9.47 Å². The molecule has 3 heterocycles. The van der Waals surface area contributed by atoms with Gasteiger partial charge in [-0.05, 0) is 43.9 Å². The minimum absolute atomic E-state index is 0.00433. The summed E-state index contributed by atoms with van der Waals surface area (Å²) in [6.45, 7) is 1.94. The summed E-state index contributed by atoms with van der Waals surface area (Å²) in [5.41, 5.74) is 0.827. The molecular formula is C20H27N3O5S2. The molecule has 0 bridgehead atoms. The Morgan fingerprint density at radius 2 is 2.10 bits per heavy atom. The second-order valence-electron chi connectivity index (χ2n) is 7.85. The van der Waals surface area contributed by atoms with Crippen molar-refractivity contribution in [3.8, 4) is 5.75 Å². The number of rotatable bonds is 6. The van der Waals surface area contributed by atoms with Crippen LogP contribution in [-0.2, 0) is 19.6 Å². The summed E-state index contributed by atoms with van der Waals surface area (Å²) in [5, 5.41) is 0.657. The Morgan fingerprint density at radius 3 is 2.73 bits per heavy atom. The molecule has 0 radical (unpaired) electrons. The first-order chi connectivity index (χ1) is 14.3. The Labute approximate surface area is 180 Å². The van der Waals surface area contributed by atoms with Crippen molar-refractivity contribution in [3.63, 3.8) is 0 Å². The van der Waals surface area contributed by atoms with E-state index in [-0.39, 0.29) is 17.9 Å². The molecule has 0 spiro atoms. The van der Waals surface area contributed by atoms with Crippen LogP contribution in [0.25, 0.3) is 10.2 Å². The fourth-order valence-electron chi connectivity index (χ4n) is 4.04. The van der Waals surface area contributed by atoms with E-state index in [4.69, 9.17) is 14.5 Å². The zero-order valence-corrected chi connectivity index (χ0v) is 18.9. The Kier molecular flexibility index (Phi) is 6.29. The summed E-state index contributed by atoms with van der Waals surface area (Å²) < 4.78 is 37.1. The van der Waals surface area contributed by atoms with E-state index in [2.05, 4.69) is 0 Å². The molecule has 0 N–H and O–H groups in total. The highest BCUT2D eigenvalue weighted by Crippen LogP contribution is 2.34. The molecule has 2 aromatic rings. The van der Waals surface area contributed by atoms with Gasteiger partial charge in [-0.25, -0.2) is 17.7 Å². The van der Waals surface area contributed by atoms with E-state index < -0.39 is 10.0 Å². The van der Waals surface area contributed by atoms with E-state index in [1.54, 1.807) is 12.0 Å². The van der Waals surface area contributed by atoms with Gasteiger partial charge in [-0.15, -0.1) is 0 Å². The third kappa shape index (κ3) is 4.61. The van der Waals surface area contributed by atoms with Crippen LogP contribution in [0.5, 0.6) is 5.75 Å². The first-order valence-corrected chi connectivity index (χ1v) is 12.8. The number of piperidine rings is 1. The number of thiazole rings is 1. The molecule has 1 amide bonds. The summed E-state index contributed by atoms with van der Waals surface area (Å²) in [6.07, 6.45) is 4.19. The van der Waals surface area contributed by atoms with Gasteiger partial charge in [-0.3, -0.25) is 9.69 Å². The first-order valence-electron chi connectivity index (χ1n) is 10.2. The van der Waals surface area contributed by atoms with Crippen LogP contribution in [0, 0.1) is 5.92 Å². The van der Waals surface area contributed by atoms with Gasteiger partial charge in [-0.2, -0.15) is 0 Å². The number of aromatic nitrogens is 1. The Hall–Kier alpha value is -1.75. The van der Waals surface area contributed by atoms with E-state index >= 15 is 0 Å². The van der Waals surface area contributed by atoms with Gasteiger partial charge in [0, 0.05) is 25.6 Å². The molecule has 2 aliphatic rings. The Morgan fingerprint density at radius 1 is 1.33 bits per heavy atom. The monoisotopic (exact) mass is 453 g/mol. The molecule has 10 heteroatoms. The highest BCUT2D eigenvalue weighted by molar-refractivity contribution is 7.88. The Bertz CT molecular complexity index is 1010. The van der Waals surface area contributed by atoms with Crippen LogP contribution >= 0.6 is 11.3 Å². The predicted molar refractivity (Wildman–Crippen MR) is 117 cm³/mol. The van der Waals surface area contributed by atoms with Crippen LogP contribution in [-0.4, -0.2) is 69.3 Å². The number of carbonyl (C=O) groups is 1. The smallest absolute Gasteiger partial charge is 0.232 e. The lowest BCUT2D eigenvalue weighted by Gasteiger charge is -2.33. The molecule has 164 valence electrons. The van der Waals surface area contributed by atoms with Crippen molar-refractivity contribution in [3.05, 3.63) is 18.2 Å². The predicted octanol–water partition coefficient (Wildman–Crippen LogP) is 2.49. The van der Waals surface area contributed by atoms with Crippen molar-refractivity contribution in [2.75, 3.05) is 44.5 Å². The quantitative estimate of drug-likeness (QED) is 0.668. The van der Waals surface area contributed by atoms with E-state index in [0.29, 0.717) is 37.6 Å². The Balaban J connectivity index is 1.57. The second-order valence-corrected chi connectivity index (χ2v) is 10.8. The molecule has 1 aromatic heterocycles. The summed E-state index contributed by atoms with van der Waals surface area (Å²) in [4.78, 5) is 20.0. The highest BCUT2D eigenvalue weighted by atomic mass is 32.2. The SMILES string of the molecule is COc1ccc2nc(N(CC3CCCO3)C(=O)C3CCN(S(C)(=O)=O)CC3)sc2c1. The van der Waals surface area contributed by atoms with Crippen LogP contribution in [0.3, 0.4) is 0 Å². The zero-order chi connectivity index (χ0) is 21.3. The van der Waals surface area contributed by atoms with Crippen molar-refractivity contribution in [1.29, 1.82) is 0 Å². The van der Waals surface area contributed by atoms with Crippen molar-refractivity contribution in [1.82, 2.24) is 9.29 Å². The molecule has 1 aromatic carbocycles. The topological polar surface area (TPSA) is 89.0 Å². The number of nitrogens with zero attached hydrogens (tertiary/aromatic N) is 3. The number of benzene rings is 1. The van der Waals surface area contributed by atoms with Gasteiger partial charge >= 0.3 is 0 Å². The van der Waals surface area contributed by atoms with Gasteiger partial charge in [0.15, 0.2) is 5.13 Å². The lowest BCUT2D eigenvalue weighted by molar-refractivity contribution is -0.123. The van der Waals surface area contributed by atoms with Gasteiger partial charge in [-0.1, -0.05) is 11.3 Å². The minimum Gasteiger partial charge on any atom is -0.497 e. The molecular weight excluding hydrogens is 426 g/mol. The maximum Gasteiger partial charge on any atom is 0.232 e. The van der Waals surface area contributed by atoms with Crippen LogP contribution in [0.1, 0.15) is 25.7 Å². The van der Waals surface area contributed by atoms with Gasteiger partial charge in [0.2, 0.25) is 15.9 Å². The number of amides is 1. The molecule has 0 aliphatic carbocycles. The molecule has 2 fully saturated rings. The molecule has 8 nitrogen and oxygen atoms in total. The first kappa shape index (κ1) is 21.5. The van der Waals surface area contributed by atoms with E-state index in [1.165, 1.54) is 21.9 Å². The van der Waals surface area contributed by atoms with Crippen LogP contribution < -0.4 is 9.64 Å². The van der Waals surface area contributed by atoms with Gasteiger partial charge in [0.25, 0.3) is 0 Å². The average molecular weight is 454 g/mol. The van der Waals surface area contributed by atoms with Crippen molar-refractivity contribution >= 4 is 42.6 Å². The molecule has 30 heavy (non-hydrogen) atoms. The molecule has 1 atom stereocenters. The maximum atomic E-state index is 13.5. The number of carbonyl (C=O) groups excluding carboxylic acids is 1. The number of hydrogen-bond donors (Lipinski definition) is 0.